The molecule has 1 aliphatic carbocycles. The van der Waals surface area contributed by atoms with Gasteiger partial charge in [0.25, 0.3) is 0 Å². The summed E-state index contributed by atoms with van der Waals surface area (Å²) in [5.41, 5.74) is 0.938. The molecule has 3 heterocycles. The van der Waals surface area contributed by atoms with Crippen LogP contribution in [0.4, 0.5) is 16.6 Å². The molecule has 0 spiro atoms. The highest BCUT2D eigenvalue weighted by molar-refractivity contribution is 5.88. The minimum atomic E-state index is -0.405. The molecule has 0 unspecified atom stereocenters. The molecule has 1 amide bonds. The fourth-order valence-corrected chi connectivity index (χ4v) is 2.72. The second kappa shape index (κ2) is 6.95. The number of aromatic nitrogens is 4. The van der Waals surface area contributed by atoms with E-state index in [4.69, 9.17) is 9.15 Å². The third-order valence-electron chi connectivity index (χ3n) is 4.08. The van der Waals surface area contributed by atoms with Gasteiger partial charge in [-0.25, -0.2) is 9.78 Å². The number of carbonyl (C=O) groups is 1. The van der Waals surface area contributed by atoms with Gasteiger partial charge >= 0.3 is 6.09 Å². The van der Waals surface area contributed by atoms with Gasteiger partial charge in [0.2, 0.25) is 17.7 Å². The van der Waals surface area contributed by atoms with Crippen molar-refractivity contribution in [3.8, 4) is 0 Å². The van der Waals surface area contributed by atoms with Crippen LogP contribution >= 0.6 is 0 Å². The molecule has 2 aliphatic rings. The average Bonchev–Trinajstić information content (AvgIpc) is 3.32. The van der Waals surface area contributed by atoms with E-state index in [1.165, 1.54) is 4.90 Å². The Morgan fingerprint density at radius 3 is 3.00 bits per heavy atom. The molecular weight excluding hydrogens is 336 g/mol. The topological polar surface area (TPSA) is 106 Å². The van der Waals surface area contributed by atoms with Crippen LogP contribution in [0.5, 0.6) is 0 Å². The molecule has 1 N–H and O–H groups in total. The molecule has 1 aliphatic heterocycles. The number of cyclic esters (lactones) is 1. The van der Waals surface area contributed by atoms with Crippen LogP contribution in [0.15, 0.2) is 34.9 Å². The maximum Gasteiger partial charge on any atom is 0.415 e. The standard InChI is InChI=1S/C17H18N6O3/c1-11(14-21-22-15(26-14)12-5-3-2-4-6-12)19-16-18-8-7-13(20-16)23-9-10-25-17(23)24/h3,5-8,11H,2,4,9-10H2,1H3,(H,18,19,20)/t11-/m0/s1. The number of ether oxygens (including phenoxy) is 1. The van der Waals surface area contributed by atoms with Crippen molar-refractivity contribution >= 4 is 23.4 Å². The summed E-state index contributed by atoms with van der Waals surface area (Å²) >= 11 is 0. The lowest BCUT2D eigenvalue weighted by Crippen LogP contribution is -2.25. The lowest BCUT2D eigenvalue weighted by atomic mass is 10.1. The molecule has 1 atom stereocenters. The summed E-state index contributed by atoms with van der Waals surface area (Å²) < 4.78 is 10.7. The first kappa shape index (κ1) is 16.2. The van der Waals surface area contributed by atoms with Crippen LogP contribution in [0.1, 0.15) is 37.6 Å². The maximum atomic E-state index is 11.7. The largest absolute Gasteiger partial charge is 0.447 e. The minimum absolute atomic E-state index is 0.287. The normalized spacial score (nSPS) is 17.8. The molecule has 4 rings (SSSR count). The summed E-state index contributed by atoms with van der Waals surface area (Å²) in [4.78, 5) is 21.7. The average molecular weight is 354 g/mol. The fraction of sp³-hybridized carbons (Fsp3) is 0.353. The van der Waals surface area contributed by atoms with Crippen molar-refractivity contribution in [2.24, 2.45) is 0 Å². The van der Waals surface area contributed by atoms with Gasteiger partial charge in [0.15, 0.2) is 0 Å². The third kappa shape index (κ3) is 3.28. The highest BCUT2D eigenvalue weighted by Crippen LogP contribution is 2.24. The minimum Gasteiger partial charge on any atom is -0.447 e. The van der Waals surface area contributed by atoms with Gasteiger partial charge < -0.3 is 14.5 Å². The predicted octanol–water partition coefficient (Wildman–Crippen LogP) is 2.72. The molecule has 26 heavy (non-hydrogen) atoms. The number of nitrogens with one attached hydrogen (secondary N) is 1. The second-order valence-electron chi connectivity index (χ2n) is 5.96. The highest BCUT2D eigenvalue weighted by atomic mass is 16.6. The van der Waals surface area contributed by atoms with Crippen molar-refractivity contribution in [2.45, 2.75) is 25.8 Å². The van der Waals surface area contributed by atoms with Crippen molar-refractivity contribution in [3.05, 3.63) is 42.3 Å². The van der Waals surface area contributed by atoms with Gasteiger partial charge in [0.05, 0.1) is 6.54 Å². The summed E-state index contributed by atoms with van der Waals surface area (Å²) in [6, 6.07) is 1.37. The number of allylic oxidation sites excluding steroid dienone is 4. The Morgan fingerprint density at radius 2 is 2.23 bits per heavy atom. The lowest BCUT2D eigenvalue weighted by Gasteiger charge is -2.14. The first-order chi connectivity index (χ1) is 12.7. The number of nitrogens with zero attached hydrogens (tertiary/aromatic N) is 5. The van der Waals surface area contributed by atoms with Gasteiger partial charge in [-0.15, -0.1) is 10.2 Å². The Balaban J connectivity index is 1.47. The molecule has 2 aromatic rings. The van der Waals surface area contributed by atoms with E-state index in [1.54, 1.807) is 12.3 Å². The number of rotatable bonds is 5. The van der Waals surface area contributed by atoms with Crippen LogP contribution in [0, 0.1) is 0 Å². The van der Waals surface area contributed by atoms with Gasteiger partial charge in [-0.2, -0.15) is 4.98 Å². The van der Waals surface area contributed by atoms with E-state index >= 15 is 0 Å². The SMILES string of the molecule is C[C@H](Nc1nccc(N2CCOC2=O)n1)c1nnc(C2=CCCC=C2)o1. The van der Waals surface area contributed by atoms with Crippen molar-refractivity contribution in [2.75, 3.05) is 23.4 Å². The van der Waals surface area contributed by atoms with Crippen molar-refractivity contribution in [3.63, 3.8) is 0 Å². The van der Waals surface area contributed by atoms with Gasteiger partial charge in [-0.1, -0.05) is 18.2 Å². The quantitative estimate of drug-likeness (QED) is 0.873. The van der Waals surface area contributed by atoms with Gasteiger partial charge in [0, 0.05) is 11.8 Å². The Hall–Kier alpha value is -3.23. The number of hydrogen-bond acceptors (Lipinski definition) is 8. The molecule has 9 heteroatoms. The molecule has 2 aromatic heterocycles. The zero-order chi connectivity index (χ0) is 17.9. The van der Waals surface area contributed by atoms with E-state index in [0.717, 1.165) is 18.4 Å². The van der Waals surface area contributed by atoms with Crippen molar-refractivity contribution < 1.29 is 13.9 Å². The van der Waals surface area contributed by atoms with Crippen LogP contribution in [0.2, 0.25) is 0 Å². The Bertz CT molecular complexity index is 875. The smallest absolute Gasteiger partial charge is 0.415 e. The molecular formula is C17H18N6O3. The summed E-state index contributed by atoms with van der Waals surface area (Å²) in [5.74, 6) is 1.79. The Morgan fingerprint density at radius 1 is 1.31 bits per heavy atom. The Labute approximate surface area is 149 Å². The van der Waals surface area contributed by atoms with E-state index in [2.05, 4.69) is 37.6 Å². The van der Waals surface area contributed by atoms with Gasteiger partial charge in [-0.3, -0.25) is 4.90 Å². The first-order valence-corrected chi connectivity index (χ1v) is 8.45. The van der Waals surface area contributed by atoms with E-state index in [-0.39, 0.29) is 6.04 Å². The van der Waals surface area contributed by atoms with E-state index < -0.39 is 6.09 Å². The van der Waals surface area contributed by atoms with Crippen LogP contribution in [0.3, 0.4) is 0 Å². The van der Waals surface area contributed by atoms with Crippen molar-refractivity contribution in [1.82, 2.24) is 20.2 Å². The monoisotopic (exact) mass is 354 g/mol. The predicted molar refractivity (Wildman–Crippen MR) is 93.4 cm³/mol. The molecule has 0 aromatic carbocycles. The summed E-state index contributed by atoms with van der Waals surface area (Å²) in [6.45, 7) is 2.71. The van der Waals surface area contributed by atoms with Gasteiger partial charge in [0.1, 0.15) is 18.5 Å². The maximum absolute atomic E-state index is 11.7. The molecule has 0 bridgehead atoms. The molecule has 0 radical (unpaired) electrons. The summed E-state index contributed by atoms with van der Waals surface area (Å²) in [7, 11) is 0. The lowest BCUT2D eigenvalue weighted by molar-refractivity contribution is 0.181. The van der Waals surface area contributed by atoms with E-state index in [1.807, 2.05) is 13.0 Å². The number of anilines is 2. The molecule has 9 nitrogen and oxygen atoms in total. The fourth-order valence-electron chi connectivity index (χ4n) is 2.72. The first-order valence-electron chi connectivity index (χ1n) is 8.45. The number of hydrogen-bond donors (Lipinski definition) is 1. The molecule has 0 saturated carbocycles. The summed E-state index contributed by atoms with van der Waals surface area (Å²) in [6.07, 6.45) is 9.33. The highest BCUT2D eigenvalue weighted by Gasteiger charge is 2.25. The number of amides is 1. The number of carbonyl (C=O) groups excluding carboxylic acids is 1. The molecule has 1 saturated heterocycles. The van der Waals surface area contributed by atoms with E-state index in [9.17, 15) is 4.79 Å². The second-order valence-corrected chi connectivity index (χ2v) is 5.96. The Kier molecular flexibility index (Phi) is 4.34. The van der Waals surface area contributed by atoms with Crippen LogP contribution in [-0.4, -0.2) is 39.4 Å². The zero-order valence-corrected chi connectivity index (χ0v) is 14.3. The molecule has 134 valence electrons. The summed E-state index contributed by atoms with van der Waals surface area (Å²) in [5, 5.41) is 11.3. The van der Waals surface area contributed by atoms with E-state index in [0.29, 0.717) is 36.7 Å². The van der Waals surface area contributed by atoms with Crippen LogP contribution in [0.25, 0.3) is 5.57 Å². The molecule has 1 fully saturated rings. The van der Waals surface area contributed by atoms with Crippen LogP contribution in [-0.2, 0) is 4.74 Å². The van der Waals surface area contributed by atoms with Crippen molar-refractivity contribution in [1.29, 1.82) is 0 Å². The third-order valence-corrected chi connectivity index (χ3v) is 4.08. The van der Waals surface area contributed by atoms with Gasteiger partial charge in [-0.05, 0) is 25.8 Å². The zero-order valence-electron chi connectivity index (χ0n) is 14.3. The van der Waals surface area contributed by atoms with Crippen LogP contribution < -0.4 is 10.2 Å².